The third-order valence-corrected chi connectivity index (χ3v) is 2.55. The van der Waals surface area contributed by atoms with Gasteiger partial charge in [0, 0.05) is 5.69 Å². The molecule has 0 unspecified atom stereocenters. The van der Waals surface area contributed by atoms with Crippen LogP contribution in [0.3, 0.4) is 0 Å². The highest BCUT2D eigenvalue weighted by Crippen LogP contribution is 2.21. The smallest absolute Gasteiger partial charge is 0.214 e. The first-order valence-electron chi connectivity index (χ1n) is 4.50. The lowest BCUT2D eigenvalue weighted by Gasteiger charge is -2.05. The van der Waals surface area contributed by atoms with Crippen molar-refractivity contribution in [2.45, 2.75) is 0 Å². The molecule has 2 nitrogen and oxygen atoms in total. The van der Waals surface area contributed by atoms with Crippen LogP contribution in [-0.4, -0.2) is 4.98 Å². The molecule has 0 saturated carbocycles. The van der Waals surface area contributed by atoms with E-state index in [1.165, 1.54) is 18.2 Å². The first-order chi connectivity index (χ1) is 7.65. The summed E-state index contributed by atoms with van der Waals surface area (Å²) in [4.78, 5) is 3.61. The number of pyridine rings is 1. The second kappa shape index (κ2) is 4.57. The minimum absolute atomic E-state index is 0.335. The molecular formula is C11H7BrF2N2. The molecule has 0 aliphatic heterocycles. The molecule has 1 aromatic heterocycles. The first kappa shape index (κ1) is 11.0. The van der Waals surface area contributed by atoms with E-state index in [1.54, 1.807) is 18.2 Å². The normalized spacial score (nSPS) is 10.2. The van der Waals surface area contributed by atoms with Crippen molar-refractivity contribution in [2.24, 2.45) is 0 Å². The second-order valence-corrected chi connectivity index (χ2v) is 3.95. The summed E-state index contributed by atoms with van der Waals surface area (Å²) >= 11 is 3.05. The first-order valence-corrected chi connectivity index (χ1v) is 5.29. The number of nitrogens with zero attached hydrogens (tertiary/aromatic N) is 1. The van der Waals surface area contributed by atoms with Crippen LogP contribution in [0.2, 0.25) is 0 Å². The molecule has 2 aromatic rings. The van der Waals surface area contributed by atoms with Crippen molar-refractivity contribution in [1.29, 1.82) is 0 Å². The number of hydrogen-bond acceptors (Lipinski definition) is 2. The van der Waals surface area contributed by atoms with Gasteiger partial charge in [0.25, 0.3) is 0 Å². The van der Waals surface area contributed by atoms with Crippen molar-refractivity contribution >= 4 is 27.4 Å². The lowest BCUT2D eigenvalue weighted by molar-refractivity contribution is 0.585. The predicted octanol–water partition coefficient (Wildman–Crippen LogP) is 3.87. The maximum Gasteiger partial charge on any atom is 0.214 e. The van der Waals surface area contributed by atoms with Gasteiger partial charge in [0.15, 0.2) is 0 Å². The zero-order chi connectivity index (χ0) is 11.5. The maximum absolute atomic E-state index is 13.2. The highest BCUT2D eigenvalue weighted by molar-refractivity contribution is 9.10. The fourth-order valence-corrected chi connectivity index (χ4v) is 1.45. The van der Waals surface area contributed by atoms with Gasteiger partial charge in [-0.1, -0.05) is 6.07 Å². The van der Waals surface area contributed by atoms with Gasteiger partial charge in [-0.3, -0.25) is 0 Å². The van der Waals surface area contributed by atoms with Crippen molar-refractivity contribution in [2.75, 3.05) is 5.32 Å². The van der Waals surface area contributed by atoms with Crippen molar-refractivity contribution in [3.63, 3.8) is 0 Å². The van der Waals surface area contributed by atoms with E-state index in [9.17, 15) is 8.78 Å². The molecule has 1 heterocycles. The van der Waals surface area contributed by atoms with E-state index in [0.717, 1.165) is 0 Å². The summed E-state index contributed by atoms with van der Waals surface area (Å²) < 4.78 is 26.3. The van der Waals surface area contributed by atoms with Gasteiger partial charge in [0.2, 0.25) is 5.95 Å². The van der Waals surface area contributed by atoms with Gasteiger partial charge < -0.3 is 5.32 Å². The molecule has 0 radical (unpaired) electrons. The third-order valence-electron chi connectivity index (χ3n) is 1.91. The van der Waals surface area contributed by atoms with E-state index in [4.69, 9.17) is 0 Å². The quantitative estimate of drug-likeness (QED) is 0.847. The Balaban J connectivity index is 2.24. The highest BCUT2D eigenvalue weighted by atomic mass is 79.9. The summed E-state index contributed by atoms with van der Waals surface area (Å²) in [7, 11) is 0. The Bertz CT molecular complexity index is 517. The van der Waals surface area contributed by atoms with Crippen LogP contribution in [0.4, 0.5) is 20.3 Å². The van der Waals surface area contributed by atoms with Crippen molar-refractivity contribution in [3.8, 4) is 0 Å². The summed E-state index contributed by atoms with van der Waals surface area (Å²) in [5.74, 6) is -0.634. The van der Waals surface area contributed by atoms with Gasteiger partial charge in [0.05, 0.1) is 4.47 Å². The molecule has 0 aliphatic carbocycles. The number of benzene rings is 1. The zero-order valence-electron chi connectivity index (χ0n) is 8.05. The fraction of sp³-hybridized carbons (Fsp3) is 0. The van der Waals surface area contributed by atoms with Crippen LogP contribution in [0.25, 0.3) is 0 Å². The van der Waals surface area contributed by atoms with Gasteiger partial charge >= 0.3 is 0 Å². The largest absolute Gasteiger partial charge is 0.340 e. The summed E-state index contributed by atoms with van der Waals surface area (Å²) in [6.45, 7) is 0. The Labute approximate surface area is 99.5 Å². The molecule has 0 amide bonds. The van der Waals surface area contributed by atoms with Gasteiger partial charge in [0.1, 0.15) is 11.6 Å². The summed E-state index contributed by atoms with van der Waals surface area (Å²) in [5, 5.41) is 2.80. The number of nitrogens with one attached hydrogen (secondary N) is 1. The zero-order valence-corrected chi connectivity index (χ0v) is 9.63. The minimum Gasteiger partial charge on any atom is -0.340 e. The van der Waals surface area contributed by atoms with Crippen LogP contribution in [0, 0.1) is 11.8 Å². The average molecular weight is 285 g/mol. The van der Waals surface area contributed by atoms with Crippen LogP contribution in [0.1, 0.15) is 0 Å². The molecule has 5 heteroatoms. The lowest BCUT2D eigenvalue weighted by atomic mass is 10.3. The Hall–Kier alpha value is -1.49. The van der Waals surface area contributed by atoms with Crippen molar-refractivity contribution < 1.29 is 8.78 Å². The molecular weight excluding hydrogens is 278 g/mol. The standard InChI is InChI=1S/C11H7BrF2N2/c12-8-5-4-7(6-9(8)13)15-11-3-1-2-10(14)16-11/h1-6H,(H,15,16). The van der Waals surface area contributed by atoms with Gasteiger partial charge in [-0.2, -0.15) is 4.39 Å². The van der Waals surface area contributed by atoms with Crippen LogP contribution >= 0.6 is 15.9 Å². The Morgan fingerprint density at radius 2 is 1.94 bits per heavy atom. The maximum atomic E-state index is 13.2. The molecule has 0 aliphatic rings. The molecule has 1 aromatic carbocycles. The third kappa shape index (κ3) is 2.55. The van der Waals surface area contributed by atoms with E-state index in [1.807, 2.05) is 0 Å². The molecule has 0 bridgehead atoms. The monoisotopic (exact) mass is 284 g/mol. The minimum atomic E-state index is -0.581. The van der Waals surface area contributed by atoms with Crippen LogP contribution in [0.15, 0.2) is 40.9 Å². The number of aromatic nitrogens is 1. The van der Waals surface area contributed by atoms with Crippen LogP contribution < -0.4 is 5.32 Å². The highest BCUT2D eigenvalue weighted by Gasteiger charge is 2.02. The molecule has 0 atom stereocenters. The summed E-state index contributed by atoms with van der Waals surface area (Å²) in [5.41, 5.74) is 0.513. The number of rotatable bonds is 2. The van der Waals surface area contributed by atoms with E-state index < -0.39 is 5.95 Å². The van der Waals surface area contributed by atoms with Gasteiger partial charge in [-0.25, -0.2) is 9.37 Å². The van der Waals surface area contributed by atoms with Gasteiger partial charge in [-0.05, 0) is 46.3 Å². The molecule has 1 N–H and O–H groups in total. The Morgan fingerprint density at radius 1 is 1.12 bits per heavy atom. The second-order valence-electron chi connectivity index (χ2n) is 3.10. The van der Waals surface area contributed by atoms with E-state index in [2.05, 4.69) is 26.2 Å². The van der Waals surface area contributed by atoms with Crippen molar-refractivity contribution in [3.05, 3.63) is 52.6 Å². The molecule has 0 fully saturated rings. The molecule has 2 rings (SSSR count). The van der Waals surface area contributed by atoms with E-state index in [-0.39, 0.29) is 5.82 Å². The lowest BCUT2D eigenvalue weighted by Crippen LogP contribution is -1.95. The Kier molecular flexibility index (Phi) is 3.14. The number of halogens is 3. The SMILES string of the molecule is Fc1cccc(Nc2ccc(Br)c(F)c2)n1. The summed E-state index contributed by atoms with van der Waals surface area (Å²) in [6, 6.07) is 8.91. The predicted molar refractivity (Wildman–Crippen MR) is 61.6 cm³/mol. The van der Waals surface area contributed by atoms with Gasteiger partial charge in [-0.15, -0.1) is 0 Å². The average Bonchev–Trinajstić information content (AvgIpc) is 2.24. The molecule has 0 spiro atoms. The van der Waals surface area contributed by atoms with E-state index >= 15 is 0 Å². The molecule has 0 saturated heterocycles. The summed E-state index contributed by atoms with van der Waals surface area (Å²) in [6.07, 6.45) is 0. The van der Waals surface area contributed by atoms with E-state index in [0.29, 0.717) is 16.0 Å². The number of hydrogen-bond donors (Lipinski definition) is 1. The topological polar surface area (TPSA) is 24.9 Å². The van der Waals surface area contributed by atoms with Crippen molar-refractivity contribution in [1.82, 2.24) is 4.98 Å². The molecule has 82 valence electrons. The Morgan fingerprint density at radius 3 is 2.62 bits per heavy atom. The van der Waals surface area contributed by atoms with Crippen LogP contribution in [-0.2, 0) is 0 Å². The fourth-order valence-electron chi connectivity index (χ4n) is 1.20. The molecule has 16 heavy (non-hydrogen) atoms. The van der Waals surface area contributed by atoms with Crippen LogP contribution in [0.5, 0.6) is 0 Å². The number of anilines is 2.